The fraction of sp³-hybridized carbons (Fsp3) is 0.722. The molecule has 5 aliphatic rings. The largest absolute Gasteiger partial charge is 0.481 e. The summed E-state index contributed by atoms with van der Waals surface area (Å²) < 4.78 is 12.1. The molecule has 2 aromatic heterocycles. The standard InChI is InChI=1S/C36H55N7O2Si/c1-35(2,3)46(5,6)45-30-11-9-24(10-12-30)20-39-31-27-14-25-15-28(31)18-36(16-25,17-27)23-42-32-29(19-37)22-41-34(43-32)40-21-26-8-7-13-38-33(26)44-4/h7-8,13,22,24-25,27-28,30-31,39H,9-12,14-18,20-21,23H2,1-6H3,(H2,40,41,42,43)/t24-,25?,27-,28+,30+,31-,36-. The third-order valence-corrected chi connectivity index (χ3v) is 16.7. The number of nitrogens with zero attached hydrogens (tertiary/aromatic N) is 4. The number of methoxy groups -OCH3 is 1. The maximum atomic E-state index is 9.81. The van der Waals surface area contributed by atoms with Crippen molar-refractivity contribution in [3.63, 3.8) is 0 Å². The van der Waals surface area contributed by atoms with Gasteiger partial charge in [0.25, 0.3) is 0 Å². The van der Waals surface area contributed by atoms with Gasteiger partial charge in [-0.15, -0.1) is 0 Å². The van der Waals surface area contributed by atoms with E-state index >= 15 is 0 Å². The van der Waals surface area contributed by atoms with Gasteiger partial charge in [-0.2, -0.15) is 10.2 Å². The molecule has 9 nitrogen and oxygen atoms in total. The fourth-order valence-electron chi connectivity index (χ4n) is 8.96. The van der Waals surface area contributed by atoms with Crippen LogP contribution in [-0.2, 0) is 11.0 Å². The number of hydrogen-bond acceptors (Lipinski definition) is 9. The lowest BCUT2D eigenvalue weighted by atomic mass is 9.48. The normalized spacial score (nSPS) is 30.5. The molecule has 0 saturated heterocycles. The average molecular weight is 646 g/mol. The van der Waals surface area contributed by atoms with Crippen LogP contribution in [0.4, 0.5) is 11.8 Å². The molecule has 3 N–H and O–H groups in total. The average Bonchev–Trinajstić information content (AvgIpc) is 3.02. The van der Waals surface area contributed by atoms with Crippen LogP contribution in [0.25, 0.3) is 0 Å². The van der Waals surface area contributed by atoms with E-state index in [0.29, 0.717) is 41.9 Å². The topological polar surface area (TPSA) is 117 Å². The first kappa shape index (κ1) is 33.2. The molecule has 5 fully saturated rings. The van der Waals surface area contributed by atoms with Crippen molar-refractivity contribution in [2.24, 2.45) is 29.1 Å². The number of aromatic nitrogens is 3. The third kappa shape index (κ3) is 7.22. The number of anilines is 2. The van der Waals surface area contributed by atoms with Gasteiger partial charge in [0.1, 0.15) is 17.5 Å². The van der Waals surface area contributed by atoms with Crippen molar-refractivity contribution in [1.82, 2.24) is 20.3 Å². The molecule has 46 heavy (non-hydrogen) atoms. The molecule has 7 rings (SSSR count). The number of hydrogen-bond donors (Lipinski definition) is 3. The lowest BCUT2D eigenvalue weighted by Crippen LogP contribution is -2.60. The smallest absolute Gasteiger partial charge is 0.224 e. The fourth-order valence-corrected chi connectivity index (χ4v) is 10.4. The van der Waals surface area contributed by atoms with Crippen LogP contribution >= 0.6 is 0 Å². The van der Waals surface area contributed by atoms with Crippen LogP contribution in [0.3, 0.4) is 0 Å². The summed E-state index contributed by atoms with van der Waals surface area (Å²) in [6, 6.07) is 6.79. The van der Waals surface area contributed by atoms with Crippen LogP contribution in [-0.4, -0.2) is 55.6 Å². The molecule has 5 saturated carbocycles. The summed E-state index contributed by atoms with van der Waals surface area (Å²) >= 11 is 0. The highest BCUT2D eigenvalue weighted by Crippen LogP contribution is 2.60. The molecule has 0 amide bonds. The molecule has 2 heterocycles. The van der Waals surface area contributed by atoms with Gasteiger partial charge in [-0.25, -0.2) is 9.97 Å². The second kappa shape index (κ2) is 13.4. The number of nitrogens with one attached hydrogen (secondary N) is 3. The van der Waals surface area contributed by atoms with E-state index in [1.54, 1.807) is 19.5 Å². The summed E-state index contributed by atoms with van der Waals surface area (Å²) in [6.07, 6.45) is 15.3. The molecule has 0 spiro atoms. The Balaban J connectivity index is 1.01. The van der Waals surface area contributed by atoms with Crippen LogP contribution in [0.5, 0.6) is 5.88 Å². The van der Waals surface area contributed by atoms with Crippen molar-refractivity contribution in [3.05, 3.63) is 35.7 Å². The molecular formula is C36H55N7O2Si. The van der Waals surface area contributed by atoms with Gasteiger partial charge in [-0.3, -0.25) is 0 Å². The Bertz CT molecular complexity index is 1380. The number of pyridine rings is 1. The maximum absolute atomic E-state index is 9.81. The lowest BCUT2D eigenvalue weighted by Gasteiger charge is -2.60. The molecule has 2 aromatic rings. The minimum atomic E-state index is -1.69. The van der Waals surface area contributed by atoms with Crippen molar-refractivity contribution in [1.29, 1.82) is 5.26 Å². The summed E-state index contributed by atoms with van der Waals surface area (Å²) in [4.78, 5) is 13.4. The van der Waals surface area contributed by atoms with E-state index in [4.69, 9.17) is 14.1 Å². The van der Waals surface area contributed by atoms with Crippen LogP contribution in [0, 0.1) is 40.4 Å². The molecule has 10 heteroatoms. The van der Waals surface area contributed by atoms with Gasteiger partial charge < -0.3 is 25.1 Å². The quantitative estimate of drug-likeness (QED) is 0.207. The van der Waals surface area contributed by atoms with E-state index < -0.39 is 8.32 Å². The minimum Gasteiger partial charge on any atom is -0.481 e. The number of rotatable bonds is 12. The zero-order chi connectivity index (χ0) is 32.5. The zero-order valence-electron chi connectivity index (χ0n) is 28.9. The van der Waals surface area contributed by atoms with Gasteiger partial charge in [-0.1, -0.05) is 26.8 Å². The molecule has 5 atom stereocenters. The van der Waals surface area contributed by atoms with Crippen LogP contribution < -0.4 is 20.7 Å². The Morgan fingerprint density at radius 1 is 1.04 bits per heavy atom. The van der Waals surface area contributed by atoms with E-state index in [0.717, 1.165) is 42.3 Å². The van der Waals surface area contributed by atoms with Crippen molar-refractivity contribution in [2.45, 2.75) is 115 Å². The highest BCUT2D eigenvalue weighted by molar-refractivity contribution is 6.74. The second-order valence-electron chi connectivity index (χ2n) is 16.4. The van der Waals surface area contributed by atoms with E-state index in [1.165, 1.54) is 57.8 Å². The first-order chi connectivity index (χ1) is 22.0. The Kier molecular flexibility index (Phi) is 9.66. The zero-order valence-corrected chi connectivity index (χ0v) is 29.9. The summed E-state index contributed by atoms with van der Waals surface area (Å²) in [5.41, 5.74) is 1.69. The predicted molar refractivity (Wildman–Crippen MR) is 185 cm³/mol. The first-order valence-corrected chi connectivity index (χ1v) is 20.5. The molecule has 1 unspecified atom stereocenters. The Morgan fingerprint density at radius 2 is 1.78 bits per heavy atom. The maximum Gasteiger partial charge on any atom is 0.224 e. The molecule has 0 aromatic carbocycles. The Labute approximate surface area is 277 Å². The van der Waals surface area contributed by atoms with Gasteiger partial charge in [0.15, 0.2) is 8.32 Å². The highest BCUT2D eigenvalue weighted by Gasteiger charge is 2.55. The SMILES string of the molecule is COc1ncccc1CNc1ncc(C#N)c(NC[C@]23CC4C[C@H](C2)[C@@H](NC[C@H]2CC[C@@H](O[Si](C)(C)C(C)(C)C)CC2)[C@@H](C4)C3)n1. The van der Waals surface area contributed by atoms with Gasteiger partial charge in [0, 0.05) is 37.0 Å². The van der Waals surface area contributed by atoms with Crippen molar-refractivity contribution >= 4 is 20.1 Å². The lowest BCUT2D eigenvalue weighted by molar-refractivity contribution is -0.0704. The van der Waals surface area contributed by atoms with Crippen molar-refractivity contribution in [3.8, 4) is 11.9 Å². The Morgan fingerprint density at radius 3 is 2.46 bits per heavy atom. The monoisotopic (exact) mass is 645 g/mol. The van der Waals surface area contributed by atoms with Gasteiger partial charge >= 0.3 is 0 Å². The predicted octanol–water partition coefficient (Wildman–Crippen LogP) is 7.14. The summed E-state index contributed by atoms with van der Waals surface area (Å²) in [5.74, 6) is 4.79. The Hall–Kier alpha value is -2.74. The van der Waals surface area contributed by atoms with Gasteiger partial charge in [0.2, 0.25) is 11.8 Å². The van der Waals surface area contributed by atoms with Crippen LogP contribution in [0.2, 0.25) is 18.1 Å². The molecule has 4 bridgehead atoms. The van der Waals surface area contributed by atoms with Crippen LogP contribution in [0.15, 0.2) is 24.5 Å². The summed E-state index contributed by atoms with van der Waals surface area (Å²) in [5, 5.41) is 21.1. The van der Waals surface area contributed by atoms with E-state index in [-0.39, 0.29) is 10.5 Å². The van der Waals surface area contributed by atoms with Crippen molar-refractivity contribution < 1.29 is 9.16 Å². The second-order valence-corrected chi connectivity index (χ2v) is 21.1. The molecular weight excluding hydrogens is 591 g/mol. The summed E-state index contributed by atoms with van der Waals surface area (Å²) in [7, 11) is -0.0773. The summed E-state index contributed by atoms with van der Waals surface area (Å²) in [6.45, 7) is 14.3. The van der Waals surface area contributed by atoms with Crippen LogP contribution in [0.1, 0.15) is 89.7 Å². The molecule has 0 aliphatic heterocycles. The van der Waals surface area contributed by atoms with E-state index in [2.05, 4.69) is 65.9 Å². The molecule has 5 aliphatic carbocycles. The van der Waals surface area contributed by atoms with Crippen molar-refractivity contribution in [2.75, 3.05) is 30.8 Å². The minimum absolute atomic E-state index is 0.278. The first-order valence-electron chi connectivity index (χ1n) is 17.6. The van der Waals surface area contributed by atoms with Gasteiger partial charge in [-0.05, 0) is 118 Å². The molecule has 250 valence electrons. The molecule has 0 radical (unpaired) electrons. The van der Waals surface area contributed by atoms with E-state index in [1.807, 2.05) is 12.1 Å². The van der Waals surface area contributed by atoms with E-state index in [9.17, 15) is 5.26 Å². The van der Waals surface area contributed by atoms with Gasteiger partial charge in [0.05, 0.1) is 13.3 Å². The third-order valence-electron chi connectivity index (χ3n) is 12.1. The number of nitriles is 1. The highest BCUT2D eigenvalue weighted by atomic mass is 28.4. The number of ether oxygens (including phenoxy) is 1.